The van der Waals surface area contributed by atoms with E-state index < -0.39 is 0 Å². The van der Waals surface area contributed by atoms with E-state index in [1.807, 2.05) is 6.92 Å². The highest BCUT2D eigenvalue weighted by Gasteiger charge is 2.19. The highest BCUT2D eigenvalue weighted by Crippen LogP contribution is 2.34. The number of ketones is 1. The molecule has 6 nitrogen and oxygen atoms in total. The number of aryl methyl sites for hydroxylation is 2. The van der Waals surface area contributed by atoms with E-state index in [1.165, 1.54) is 18.2 Å². The number of rotatable bonds is 3. The number of Topliss-reactive ketones (excluding diaryl/α,β-unsaturated/α-hetero) is 1. The maximum Gasteiger partial charge on any atom is 0.227 e. The molecule has 0 saturated heterocycles. The molecular weight excluding hydrogens is 280 g/mol. The summed E-state index contributed by atoms with van der Waals surface area (Å²) >= 11 is 0. The Morgan fingerprint density at radius 2 is 2.09 bits per heavy atom. The van der Waals surface area contributed by atoms with Gasteiger partial charge in [-0.15, -0.1) is 10.2 Å². The van der Waals surface area contributed by atoms with Crippen LogP contribution in [0.15, 0.2) is 26.9 Å². The number of anilines is 1. The maximum absolute atomic E-state index is 11.6. The fraction of sp³-hybridized carbons (Fsp3) is 0.375. The molecule has 0 unspecified atom stereocenters. The summed E-state index contributed by atoms with van der Waals surface area (Å²) in [6, 6.07) is 4.18. The third kappa shape index (κ3) is 2.41. The van der Waals surface area contributed by atoms with Crippen LogP contribution in [0.4, 0.5) is 17.2 Å². The van der Waals surface area contributed by atoms with Crippen molar-refractivity contribution < 1.29 is 9.32 Å². The average molecular weight is 298 g/mol. The normalized spacial score (nSPS) is 13.9. The fourth-order valence-electron chi connectivity index (χ4n) is 2.73. The lowest BCUT2D eigenvalue weighted by molar-refractivity contribution is 0.101. The zero-order valence-electron chi connectivity index (χ0n) is 13.2. The molecule has 3 rings (SSSR count). The van der Waals surface area contributed by atoms with Crippen LogP contribution < -0.4 is 4.90 Å². The summed E-state index contributed by atoms with van der Waals surface area (Å²) in [5.74, 6) is 0.579. The summed E-state index contributed by atoms with van der Waals surface area (Å²) in [5, 5.41) is 12.2. The summed E-state index contributed by atoms with van der Waals surface area (Å²) < 4.78 is 5.03. The van der Waals surface area contributed by atoms with Gasteiger partial charge in [-0.3, -0.25) is 4.79 Å². The van der Waals surface area contributed by atoms with Crippen LogP contribution in [0.3, 0.4) is 0 Å². The second-order valence-corrected chi connectivity index (χ2v) is 5.63. The first kappa shape index (κ1) is 14.4. The largest absolute Gasteiger partial charge is 0.374 e. The zero-order valence-corrected chi connectivity index (χ0v) is 13.2. The van der Waals surface area contributed by atoms with Crippen LogP contribution in [0, 0.1) is 13.8 Å². The van der Waals surface area contributed by atoms with Crippen LogP contribution in [-0.4, -0.2) is 24.5 Å². The molecule has 1 aliphatic rings. The third-order valence-electron chi connectivity index (χ3n) is 3.97. The van der Waals surface area contributed by atoms with Crippen LogP contribution in [-0.2, 0) is 6.42 Å². The van der Waals surface area contributed by atoms with E-state index in [0.29, 0.717) is 11.3 Å². The molecule has 1 aliphatic heterocycles. The van der Waals surface area contributed by atoms with Gasteiger partial charge >= 0.3 is 0 Å². The van der Waals surface area contributed by atoms with Crippen molar-refractivity contribution in [2.75, 3.05) is 18.5 Å². The molecule has 1 aromatic heterocycles. The van der Waals surface area contributed by atoms with Crippen molar-refractivity contribution in [3.63, 3.8) is 0 Å². The molecule has 0 aliphatic carbocycles. The number of carbonyl (C=O) groups excluding carboxylic acids is 1. The average Bonchev–Trinajstić information content (AvgIpc) is 3.00. The van der Waals surface area contributed by atoms with Gasteiger partial charge in [0.2, 0.25) is 5.82 Å². The predicted molar refractivity (Wildman–Crippen MR) is 83.6 cm³/mol. The number of aromatic nitrogens is 1. The predicted octanol–water partition coefficient (Wildman–Crippen LogP) is 3.90. The van der Waals surface area contributed by atoms with Crippen LogP contribution in [0.2, 0.25) is 0 Å². The van der Waals surface area contributed by atoms with Crippen molar-refractivity contribution in [3.05, 3.63) is 34.6 Å². The Bertz CT molecular complexity index is 777. The van der Waals surface area contributed by atoms with Crippen molar-refractivity contribution in [1.29, 1.82) is 0 Å². The number of azo groups is 1. The second-order valence-electron chi connectivity index (χ2n) is 5.63. The lowest BCUT2D eigenvalue weighted by Gasteiger charge is -2.12. The smallest absolute Gasteiger partial charge is 0.227 e. The van der Waals surface area contributed by atoms with E-state index in [1.54, 1.807) is 6.92 Å². The Kier molecular flexibility index (Phi) is 3.52. The monoisotopic (exact) mass is 298 g/mol. The SMILES string of the molecule is CC(=O)c1c(N=Nc2cc3c(cc2C)N(C)CC3)noc1C. The molecule has 0 fully saturated rings. The van der Waals surface area contributed by atoms with Crippen molar-refractivity contribution in [2.45, 2.75) is 27.2 Å². The lowest BCUT2D eigenvalue weighted by atomic mass is 10.1. The Morgan fingerprint density at radius 3 is 2.82 bits per heavy atom. The number of nitrogens with zero attached hydrogens (tertiary/aromatic N) is 4. The first-order valence-electron chi connectivity index (χ1n) is 7.21. The minimum absolute atomic E-state index is 0.125. The van der Waals surface area contributed by atoms with Crippen LogP contribution in [0.5, 0.6) is 0 Å². The molecule has 1 aromatic carbocycles. The van der Waals surface area contributed by atoms with Gasteiger partial charge in [0.1, 0.15) is 11.3 Å². The summed E-state index contributed by atoms with van der Waals surface area (Å²) in [6.45, 7) is 6.18. The van der Waals surface area contributed by atoms with Crippen molar-refractivity contribution in [1.82, 2.24) is 5.16 Å². The second kappa shape index (κ2) is 5.36. The van der Waals surface area contributed by atoms with E-state index in [9.17, 15) is 4.79 Å². The van der Waals surface area contributed by atoms with Crippen molar-refractivity contribution >= 4 is 23.0 Å². The number of fused-ring (bicyclic) bond motifs is 1. The zero-order chi connectivity index (χ0) is 15.9. The Hall–Kier alpha value is -2.50. The Labute approximate surface area is 128 Å². The minimum Gasteiger partial charge on any atom is -0.374 e. The van der Waals surface area contributed by atoms with Gasteiger partial charge in [-0.2, -0.15) is 0 Å². The number of likely N-dealkylation sites (N-methyl/N-ethyl adjacent to an activating group) is 1. The maximum atomic E-state index is 11.6. The summed E-state index contributed by atoms with van der Waals surface area (Å²) in [7, 11) is 2.09. The van der Waals surface area contributed by atoms with Gasteiger partial charge in [0.05, 0.1) is 5.69 Å². The van der Waals surface area contributed by atoms with Gasteiger partial charge < -0.3 is 9.42 Å². The molecular formula is C16H18N4O2. The summed E-state index contributed by atoms with van der Waals surface area (Å²) in [5.41, 5.74) is 4.75. The minimum atomic E-state index is -0.125. The van der Waals surface area contributed by atoms with E-state index in [2.05, 4.69) is 39.5 Å². The van der Waals surface area contributed by atoms with Crippen LogP contribution in [0.25, 0.3) is 0 Å². The van der Waals surface area contributed by atoms with Crippen molar-refractivity contribution in [3.8, 4) is 0 Å². The molecule has 0 spiro atoms. The quantitative estimate of drug-likeness (QED) is 0.636. The van der Waals surface area contributed by atoms with E-state index in [0.717, 1.165) is 24.2 Å². The van der Waals surface area contributed by atoms with Gasteiger partial charge in [-0.05, 0) is 50.5 Å². The molecule has 0 saturated carbocycles. The van der Waals surface area contributed by atoms with Gasteiger partial charge in [0, 0.05) is 19.3 Å². The lowest BCUT2D eigenvalue weighted by Crippen LogP contribution is -2.12. The van der Waals surface area contributed by atoms with Gasteiger partial charge in [-0.25, -0.2) is 0 Å². The highest BCUT2D eigenvalue weighted by atomic mass is 16.5. The number of carbonyl (C=O) groups is 1. The Morgan fingerprint density at radius 1 is 1.32 bits per heavy atom. The van der Waals surface area contributed by atoms with E-state index in [-0.39, 0.29) is 11.6 Å². The summed E-state index contributed by atoms with van der Waals surface area (Å²) in [4.78, 5) is 13.8. The standard InChI is InChI=1S/C16H18N4O2/c1-9-7-14-12(5-6-20(14)4)8-13(9)17-18-16-15(10(2)21)11(3)22-19-16/h7-8H,5-6H2,1-4H3. The fourth-order valence-corrected chi connectivity index (χ4v) is 2.73. The molecule has 114 valence electrons. The number of benzene rings is 1. The molecule has 22 heavy (non-hydrogen) atoms. The molecule has 0 bridgehead atoms. The molecule has 0 amide bonds. The number of hydrogen-bond donors (Lipinski definition) is 0. The van der Waals surface area contributed by atoms with Gasteiger partial charge in [0.25, 0.3) is 0 Å². The molecule has 2 heterocycles. The van der Waals surface area contributed by atoms with E-state index >= 15 is 0 Å². The third-order valence-corrected chi connectivity index (χ3v) is 3.97. The van der Waals surface area contributed by atoms with Crippen LogP contribution in [0.1, 0.15) is 34.2 Å². The van der Waals surface area contributed by atoms with Gasteiger partial charge in [0.15, 0.2) is 5.78 Å². The summed E-state index contributed by atoms with van der Waals surface area (Å²) in [6.07, 6.45) is 1.01. The van der Waals surface area contributed by atoms with Gasteiger partial charge in [-0.1, -0.05) is 5.16 Å². The molecule has 0 atom stereocenters. The van der Waals surface area contributed by atoms with E-state index in [4.69, 9.17) is 4.52 Å². The van der Waals surface area contributed by atoms with Crippen LogP contribution >= 0.6 is 0 Å². The molecule has 2 aromatic rings. The molecule has 0 N–H and O–H groups in total. The number of hydrogen-bond acceptors (Lipinski definition) is 6. The highest BCUT2D eigenvalue weighted by molar-refractivity contribution is 5.98. The Balaban J connectivity index is 1.96. The molecule has 6 heteroatoms. The first-order chi connectivity index (χ1) is 10.5. The first-order valence-corrected chi connectivity index (χ1v) is 7.21. The van der Waals surface area contributed by atoms with Crippen molar-refractivity contribution in [2.24, 2.45) is 10.2 Å². The topological polar surface area (TPSA) is 71.1 Å². The molecule has 0 radical (unpaired) electrons.